The Morgan fingerprint density at radius 2 is 1.78 bits per heavy atom. The van der Waals surface area contributed by atoms with E-state index in [1.807, 2.05) is 0 Å². The number of carbonyl (C=O) groups excluding carboxylic acids is 1. The number of amides is 1. The number of rotatable bonds is 6. The van der Waals surface area contributed by atoms with E-state index >= 15 is 0 Å². The van der Waals surface area contributed by atoms with Crippen molar-refractivity contribution in [2.24, 2.45) is 0 Å². The number of hydrogen-bond acceptors (Lipinski definition) is 4. The highest BCUT2D eigenvalue weighted by Crippen LogP contribution is 2.10. The molecule has 6 nitrogen and oxygen atoms in total. The van der Waals surface area contributed by atoms with Gasteiger partial charge in [0.2, 0.25) is 0 Å². The van der Waals surface area contributed by atoms with Gasteiger partial charge >= 0.3 is 5.97 Å². The first-order chi connectivity index (χ1) is 11.1. The van der Waals surface area contributed by atoms with E-state index in [1.165, 1.54) is 31.0 Å². The number of β-amino-alcohol motifs (C(OH)–C–C–N with tert-alkyl or cyclic N) is 1. The predicted octanol–water partition coefficient (Wildman–Crippen LogP) is 1.35. The molecule has 1 atom stereocenters. The quantitative estimate of drug-likeness (QED) is 0.736. The molecule has 0 spiro atoms. The maximum Gasteiger partial charge on any atom is 0.335 e. The third-order valence-corrected chi connectivity index (χ3v) is 4.04. The molecule has 1 unspecified atom stereocenters. The molecule has 0 radical (unpaired) electrons. The lowest BCUT2D eigenvalue weighted by atomic mass is 10.1. The first-order valence-corrected chi connectivity index (χ1v) is 8.08. The van der Waals surface area contributed by atoms with Crippen LogP contribution in [-0.2, 0) is 0 Å². The lowest BCUT2D eigenvalue weighted by Crippen LogP contribution is -2.40. The zero-order valence-electron chi connectivity index (χ0n) is 13.2. The minimum Gasteiger partial charge on any atom is -0.478 e. The molecular weight excluding hydrogens is 296 g/mol. The number of carboxylic acids is 1. The largest absolute Gasteiger partial charge is 0.478 e. The van der Waals surface area contributed by atoms with Crippen molar-refractivity contribution < 1.29 is 19.8 Å². The van der Waals surface area contributed by atoms with E-state index in [0.717, 1.165) is 25.9 Å². The van der Waals surface area contributed by atoms with Crippen molar-refractivity contribution in [2.45, 2.75) is 31.8 Å². The lowest BCUT2D eigenvalue weighted by Gasteiger charge is -2.23. The van der Waals surface area contributed by atoms with Gasteiger partial charge in [0.15, 0.2) is 0 Å². The molecule has 1 aromatic rings. The van der Waals surface area contributed by atoms with Crippen LogP contribution in [-0.4, -0.2) is 59.3 Å². The van der Waals surface area contributed by atoms with Gasteiger partial charge in [-0.25, -0.2) is 4.79 Å². The van der Waals surface area contributed by atoms with Gasteiger partial charge in [-0.15, -0.1) is 0 Å². The fraction of sp³-hybridized carbons (Fsp3) is 0.529. The standard InChI is InChI=1S/C17H24N2O4/c20-15(12-19-8-3-1-2-4-9-19)11-18-16(21)13-6-5-7-14(10-13)17(22)23/h5-7,10,15,20H,1-4,8-9,11-12H2,(H,18,21)(H,22,23). The highest BCUT2D eigenvalue weighted by atomic mass is 16.4. The number of likely N-dealkylation sites (tertiary alicyclic amines) is 1. The van der Waals surface area contributed by atoms with Gasteiger partial charge in [-0.3, -0.25) is 4.79 Å². The molecular formula is C17H24N2O4. The highest BCUT2D eigenvalue weighted by Gasteiger charge is 2.15. The van der Waals surface area contributed by atoms with Gasteiger partial charge in [0.1, 0.15) is 0 Å². The van der Waals surface area contributed by atoms with Crippen LogP contribution in [0.5, 0.6) is 0 Å². The van der Waals surface area contributed by atoms with Crippen molar-refractivity contribution in [1.29, 1.82) is 0 Å². The summed E-state index contributed by atoms with van der Waals surface area (Å²) in [7, 11) is 0. The smallest absolute Gasteiger partial charge is 0.335 e. The Hall–Kier alpha value is -1.92. The Kier molecular flexibility index (Phi) is 6.55. The summed E-state index contributed by atoms with van der Waals surface area (Å²) in [5.74, 6) is -1.44. The Morgan fingerprint density at radius 1 is 1.13 bits per heavy atom. The minimum atomic E-state index is -1.07. The Bertz CT molecular complexity index is 539. The molecule has 0 aromatic heterocycles. The van der Waals surface area contributed by atoms with Crippen LogP contribution in [0.3, 0.4) is 0 Å². The molecule has 23 heavy (non-hydrogen) atoms. The zero-order valence-corrected chi connectivity index (χ0v) is 13.2. The summed E-state index contributed by atoms with van der Waals surface area (Å²) >= 11 is 0. The predicted molar refractivity (Wildman–Crippen MR) is 86.6 cm³/mol. The summed E-state index contributed by atoms with van der Waals surface area (Å²) in [5, 5.41) is 21.7. The average Bonchev–Trinajstić information content (AvgIpc) is 2.81. The van der Waals surface area contributed by atoms with Gasteiger partial charge in [0.25, 0.3) is 5.91 Å². The second kappa shape index (κ2) is 8.64. The third-order valence-electron chi connectivity index (χ3n) is 4.04. The molecule has 1 saturated heterocycles. The van der Waals surface area contributed by atoms with Crippen LogP contribution in [0.1, 0.15) is 46.4 Å². The topological polar surface area (TPSA) is 89.9 Å². The summed E-state index contributed by atoms with van der Waals surface area (Å²) < 4.78 is 0. The maximum atomic E-state index is 12.0. The molecule has 1 fully saturated rings. The molecule has 6 heteroatoms. The van der Waals surface area contributed by atoms with Crippen LogP contribution in [0.15, 0.2) is 24.3 Å². The zero-order chi connectivity index (χ0) is 16.7. The number of carbonyl (C=O) groups is 2. The molecule has 0 aliphatic carbocycles. The number of carboxylic acid groups (broad SMARTS) is 1. The molecule has 3 N–H and O–H groups in total. The van der Waals surface area contributed by atoms with E-state index in [-0.39, 0.29) is 23.6 Å². The van der Waals surface area contributed by atoms with Gasteiger partial charge in [-0.05, 0) is 44.1 Å². The average molecular weight is 320 g/mol. The van der Waals surface area contributed by atoms with E-state index in [9.17, 15) is 14.7 Å². The van der Waals surface area contributed by atoms with Crippen LogP contribution in [0.25, 0.3) is 0 Å². The number of benzene rings is 1. The molecule has 2 rings (SSSR count). The second-order valence-corrected chi connectivity index (χ2v) is 5.96. The SMILES string of the molecule is O=C(O)c1cccc(C(=O)NCC(O)CN2CCCCCC2)c1. The van der Waals surface area contributed by atoms with Gasteiger partial charge < -0.3 is 20.4 Å². The maximum absolute atomic E-state index is 12.0. The fourth-order valence-corrected chi connectivity index (χ4v) is 2.79. The Labute approximate surface area is 136 Å². The van der Waals surface area contributed by atoms with E-state index in [1.54, 1.807) is 6.07 Å². The number of aliphatic hydroxyl groups excluding tert-OH is 1. The lowest BCUT2D eigenvalue weighted by molar-refractivity contribution is 0.0697. The normalized spacial score (nSPS) is 17.3. The summed E-state index contributed by atoms with van der Waals surface area (Å²) in [5.41, 5.74) is 0.356. The minimum absolute atomic E-state index is 0.0720. The second-order valence-electron chi connectivity index (χ2n) is 5.96. The Balaban J connectivity index is 1.81. The first kappa shape index (κ1) is 17.4. The Morgan fingerprint density at radius 3 is 2.43 bits per heavy atom. The van der Waals surface area contributed by atoms with Crippen molar-refractivity contribution in [1.82, 2.24) is 10.2 Å². The summed E-state index contributed by atoms with van der Waals surface area (Å²) in [4.78, 5) is 25.2. The van der Waals surface area contributed by atoms with Crippen molar-refractivity contribution in [3.8, 4) is 0 Å². The van der Waals surface area contributed by atoms with Crippen molar-refractivity contribution in [3.63, 3.8) is 0 Å². The molecule has 0 bridgehead atoms. The number of nitrogens with one attached hydrogen (secondary N) is 1. The molecule has 126 valence electrons. The molecule has 1 aliphatic rings. The van der Waals surface area contributed by atoms with Crippen molar-refractivity contribution >= 4 is 11.9 Å². The van der Waals surface area contributed by atoms with Crippen LogP contribution < -0.4 is 5.32 Å². The molecule has 1 aromatic carbocycles. The third kappa shape index (κ3) is 5.65. The van der Waals surface area contributed by atoms with E-state index in [4.69, 9.17) is 5.11 Å². The van der Waals surface area contributed by atoms with E-state index in [0.29, 0.717) is 6.54 Å². The van der Waals surface area contributed by atoms with Gasteiger partial charge in [0.05, 0.1) is 11.7 Å². The van der Waals surface area contributed by atoms with Crippen molar-refractivity contribution in [2.75, 3.05) is 26.2 Å². The molecule has 0 saturated carbocycles. The van der Waals surface area contributed by atoms with Crippen LogP contribution in [0, 0.1) is 0 Å². The molecule has 1 aliphatic heterocycles. The number of aliphatic hydroxyl groups is 1. The van der Waals surface area contributed by atoms with E-state index < -0.39 is 12.1 Å². The van der Waals surface area contributed by atoms with Gasteiger partial charge in [-0.1, -0.05) is 18.9 Å². The highest BCUT2D eigenvalue weighted by molar-refractivity contribution is 5.97. The van der Waals surface area contributed by atoms with Crippen LogP contribution in [0.4, 0.5) is 0 Å². The van der Waals surface area contributed by atoms with Crippen LogP contribution in [0.2, 0.25) is 0 Å². The molecule has 1 heterocycles. The molecule has 1 amide bonds. The van der Waals surface area contributed by atoms with Gasteiger partial charge in [-0.2, -0.15) is 0 Å². The van der Waals surface area contributed by atoms with Crippen molar-refractivity contribution in [3.05, 3.63) is 35.4 Å². The van der Waals surface area contributed by atoms with E-state index in [2.05, 4.69) is 10.2 Å². The number of aromatic carboxylic acids is 1. The fourth-order valence-electron chi connectivity index (χ4n) is 2.79. The van der Waals surface area contributed by atoms with Gasteiger partial charge in [0, 0.05) is 18.7 Å². The summed E-state index contributed by atoms with van der Waals surface area (Å²) in [6.45, 7) is 2.69. The first-order valence-electron chi connectivity index (χ1n) is 8.08. The number of hydrogen-bond donors (Lipinski definition) is 3. The number of nitrogens with zero attached hydrogens (tertiary/aromatic N) is 1. The summed E-state index contributed by atoms with van der Waals surface area (Å²) in [6.07, 6.45) is 4.16. The monoisotopic (exact) mass is 320 g/mol. The van der Waals surface area contributed by atoms with Crippen LogP contribution >= 0.6 is 0 Å². The summed E-state index contributed by atoms with van der Waals surface area (Å²) in [6, 6.07) is 5.86.